The highest BCUT2D eigenvalue weighted by Crippen LogP contribution is 2.49. The summed E-state index contributed by atoms with van der Waals surface area (Å²) in [6.45, 7) is 0. The first-order valence-electron chi connectivity index (χ1n) is 5.67. The summed E-state index contributed by atoms with van der Waals surface area (Å²) >= 11 is 0. The van der Waals surface area contributed by atoms with Gasteiger partial charge in [0.15, 0.2) is 0 Å². The van der Waals surface area contributed by atoms with Gasteiger partial charge in [-0.2, -0.15) is 0 Å². The van der Waals surface area contributed by atoms with Crippen molar-refractivity contribution in [3.8, 4) is 0 Å². The zero-order valence-electron chi connectivity index (χ0n) is 11.0. The van der Waals surface area contributed by atoms with Crippen LogP contribution in [0.15, 0.2) is 0 Å². The first-order chi connectivity index (χ1) is 10.1. The van der Waals surface area contributed by atoms with E-state index in [0.717, 1.165) is 0 Å². The van der Waals surface area contributed by atoms with Gasteiger partial charge in [0.25, 0.3) is 0 Å². The lowest BCUT2D eigenvalue weighted by molar-refractivity contribution is -0.165. The molecular weight excluding hydrogens is 389 g/mol. The van der Waals surface area contributed by atoms with Crippen LogP contribution in [0.3, 0.4) is 0 Å². The second-order valence-electron chi connectivity index (χ2n) is 4.55. The zero-order valence-corrected chi connectivity index (χ0v) is 13.6. The Bertz CT molecular complexity index is 545. The van der Waals surface area contributed by atoms with Crippen molar-refractivity contribution < 1.29 is 66.8 Å². The van der Waals surface area contributed by atoms with Crippen LogP contribution in [0.5, 0.6) is 0 Å². The molecule has 17 heteroatoms. The summed E-state index contributed by atoms with van der Waals surface area (Å²) in [5.74, 6) is 0. The highest BCUT2D eigenvalue weighted by Gasteiger charge is 2.51. The molecule has 14 nitrogen and oxygen atoms in total. The summed E-state index contributed by atoms with van der Waals surface area (Å²) in [4.78, 5) is 52.4. The highest BCUT2D eigenvalue weighted by molar-refractivity contribution is 7.46. The van der Waals surface area contributed by atoms with Gasteiger partial charge in [-0.05, 0) is 0 Å². The van der Waals surface area contributed by atoms with Gasteiger partial charge in [0.05, 0.1) is 6.10 Å². The van der Waals surface area contributed by atoms with E-state index in [1.807, 2.05) is 0 Å². The van der Waals surface area contributed by atoms with Gasteiger partial charge in [0, 0.05) is 6.42 Å². The molecule has 1 saturated carbocycles. The fraction of sp³-hybridized carbons (Fsp3) is 1.00. The predicted molar refractivity (Wildman–Crippen MR) is 67.4 cm³/mol. The van der Waals surface area contributed by atoms with Crippen LogP contribution in [0.4, 0.5) is 0 Å². The fourth-order valence-electron chi connectivity index (χ4n) is 2.00. The molecule has 23 heavy (non-hydrogen) atoms. The molecule has 0 heterocycles. The molecule has 5 atom stereocenters. The van der Waals surface area contributed by atoms with E-state index >= 15 is 0 Å². The van der Waals surface area contributed by atoms with Gasteiger partial charge in [-0.25, -0.2) is 13.7 Å². The molecule has 0 aromatic carbocycles. The molecule has 8 N–H and O–H groups in total. The maximum absolute atomic E-state index is 10.9. The van der Waals surface area contributed by atoms with Crippen molar-refractivity contribution in [1.29, 1.82) is 0 Å². The largest absolute Gasteiger partial charge is 0.470 e. The molecule has 0 aliphatic heterocycles. The Morgan fingerprint density at radius 1 is 0.696 bits per heavy atom. The van der Waals surface area contributed by atoms with E-state index in [4.69, 9.17) is 29.4 Å². The molecule has 2 unspecified atom stereocenters. The third-order valence-electron chi connectivity index (χ3n) is 2.68. The molecule has 1 aliphatic carbocycles. The van der Waals surface area contributed by atoms with E-state index in [0.29, 0.717) is 0 Å². The molecule has 0 amide bonds. The summed E-state index contributed by atoms with van der Waals surface area (Å²) in [7, 11) is -15.7. The molecule has 1 fully saturated rings. The van der Waals surface area contributed by atoms with Crippen LogP contribution >= 0.6 is 23.5 Å². The number of aliphatic hydroxyl groups is 2. The molecule has 0 radical (unpaired) electrons. The monoisotopic (exact) mass is 404 g/mol. The third-order valence-corrected chi connectivity index (χ3v) is 4.26. The lowest BCUT2D eigenvalue weighted by atomic mass is 9.87. The molecule has 1 aliphatic rings. The van der Waals surface area contributed by atoms with Crippen molar-refractivity contribution in [2.24, 2.45) is 0 Å². The third kappa shape index (κ3) is 7.34. The van der Waals surface area contributed by atoms with Gasteiger partial charge in [0.1, 0.15) is 24.4 Å². The SMILES string of the molecule is O=P(O)(O)OC1[C@H](O)CC(OP(=O)(O)O)[C@H](OP(=O)(O)O)[C@@H]1O. The van der Waals surface area contributed by atoms with Gasteiger partial charge in [0.2, 0.25) is 0 Å². The Hall–Kier alpha value is 0.250. The van der Waals surface area contributed by atoms with Gasteiger partial charge in [-0.15, -0.1) is 0 Å². The van der Waals surface area contributed by atoms with Gasteiger partial charge < -0.3 is 39.6 Å². The fourth-order valence-corrected chi connectivity index (χ4v) is 3.72. The minimum absolute atomic E-state index is 0.808. The van der Waals surface area contributed by atoms with Crippen molar-refractivity contribution in [2.45, 2.75) is 36.9 Å². The highest BCUT2D eigenvalue weighted by atomic mass is 31.2. The Labute approximate surface area is 128 Å². The van der Waals surface area contributed by atoms with Crippen LogP contribution in [-0.2, 0) is 27.3 Å². The summed E-state index contributed by atoms with van der Waals surface area (Å²) in [5, 5.41) is 19.5. The van der Waals surface area contributed by atoms with E-state index < -0.39 is 60.4 Å². The molecule has 0 aromatic rings. The summed E-state index contributed by atoms with van der Waals surface area (Å²) in [6.07, 6.45) is -11.1. The van der Waals surface area contributed by atoms with Crippen molar-refractivity contribution in [3.05, 3.63) is 0 Å². The average Bonchev–Trinajstić information content (AvgIpc) is 2.25. The first kappa shape index (κ1) is 21.3. The first-order valence-corrected chi connectivity index (χ1v) is 10.3. The van der Waals surface area contributed by atoms with E-state index in [1.54, 1.807) is 0 Å². The zero-order chi connectivity index (χ0) is 18.2. The number of phosphoric acid groups is 3. The number of aliphatic hydroxyl groups excluding tert-OH is 2. The maximum atomic E-state index is 10.9. The minimum atomic E-state index is -5.30. The summed E-state index contributed by atoms with van der Waals surface area (Å²) in [6, 6.07) is 0. The quantitative estimate of drug-likeness (QED) is 0.214. The van der Waals surface area contributed by atoms with E-state index in [9.17, 15) is 23.9 Å². The number of rotatable bonds is 6. The second-order valence-corrected chi connectivity index (χ2v) is 8.13. The second kappa shape index (κ2) is 7.24. The smallest absolute Gasteiger partial charge is 0.390 e. The average molecular weight is 404 g/mol. The lowest BCUT2D eigenvalue weighted by Crippen LogP contribution is -2.57. The normalized spacial score (nSPS) is 33.7. The van der Waals surface area contributed by atoms with Gasteiger partial charge in [-0.3, -0.25) is 13.6 Å². The predicted octanol–water partition coefficient (Wildman–Crippen LogP) is -2.45. The van der Waals surface area contributed by atoms with Crippen molar-refractivity contribution in [1.82, 2.24) is 0 Å². The van der Waals surface area contributed by atoms with E-state index in [-0.39, 0.29) is 0 Å². The van der Waals surface area contributed by atoms with E-state index in [1.165, 1.54) is 0 Å². The summed E-state index contributed by atoms with van der Waals surface area (Å²) < 4.78 is 45.0. The Balaban J connectivity index is 3.09. The Kier molecular flexibility index (Phi) is 6.70. The van der Waals surface area contributed by atoms with Crippen LogP contribution in [0.25, 0.3) is 0 Å². The molecule has 0 spiro atoms. The molecule has 138 valence electrons. The number of hydrogen-bond acceptors (Lipinski definition) is 8. The van der Waals surface area contributed by atoms with E-state index in [2.05, 4.69) is 13.6 Å². The van der Waals surface area contributed by atoms with Gasteiger partial charge >= 0.3 is 23.5 Å². The van der Waals surface area contributed by atoms with Crippen LogP contribution in [0.2, 0.25) is 0 Å². The topological polar surface area (TPSA) is 241 Å². The molecule has 0 aromatic heterocycles. The van der Waals surface area contributed by atoms with Gasteiger partial charge in [-0.1, -0.05) is 0 Å². The van der Waals surface area contributed by atoms with Crippen LogP contribution < -0.4 is 0 Å². The summed E-state index contributed by atoms with van der Waals surface area (Å²) in [5.41, 5.74) is 0. The number of hydrogen-bond donors (Lipinski definition) is 8. The van der Waals surface area contributed by atoms with Crippen molar-refractivity contribution in [2.75, 3.05) is 0 Å². The Morgan fingerprint density at radius 2 is 1.09 bits per heavy atom. The van der Waals surface area contributed by atoms with Crippen LogP contribution in [0.1, 0.15) is 6.42 Å². The minimum Gasteiger partial charge on any atom is -0.390 e. The van der Waals surface area contributed by atoms with Crippen LogP contribution in [-0.4, -0.2) is 70.1 Å². The molecule has 1 rings (SSSR count). The lowest BCUT2D eigenvalue weighted by Gasteiger charge is -2.41. The standard InChI is InChI=1S/C6H15O14P3/c7-2-1-3(18-21(9,10)11)6(20-23(15,16)17)4(8)5(2)19-22(12,13)14/h2-8H,1H2,(H2,9,10,11)(H2,12,13,14)(H2,15,16,17)/t2-,3?,4-,5?,6+/m1/s1. The number of phosphoric ester groups is 3. The van der Waals surface area contributed by atoms with Crippen molar-refractivity contribution >= 4 is 23.5 Å². The molecular formula is C6H15O14P3. The molecule has 0 bridgehead atoms. The molecule has 0 saturated heterocycles. The Morgan fingerprint density at radius 3 is 1.48 bits per heavy atom. The van der Waals surface area contributed by atoms with Crippen LogP contribution in [0, 0.1) is 0 Å². The van der Waals surface area contributed by atoms with Crippen molar-refractivity contribution in [3.63, 3.8) is 0 Å². The maximum Gasteiger partial charge on any atom is 0.470 e.